The molecule has 0 heterocycles. The number of rotatable bonds is 4. The van der Waals surface area contributed by atoms with E-state index < -0.39 is 15.0 Å². The first kappa shape index (κ1) is 16.8. The van der Waals surface area contributed by atoms with E-state index in [-0.39, 0.29) is 11.4 Å². The summed E-state index contributed by atoms with van der Waals surface area (Å²) in [5, 5.41) is 10.0. The molecule has 0 amide bonds. The zero-order valence-electron chi connectivity index (χ0n) is 11.4. The molecule has 21 heavy (non-hydrogen) atoms. The quantitative estimate of drug-likeness (QED) is 0.492. The van der Waals surface area contributed by atoms with Crippen LogP contribution >= 0.6 is 0 Å². The first-order valence-electron chi connectivity index (χ1n) is 5.96. The average molecular weight is 309 g/mol. The van der Waals surface area contributed by atoms with Gasteiger partial charge < -0.3 is 0 Å². The zero-order valence-corrected chi connectivity index (χ0v) is 12.2. The second kappa shape index (κ2) is 8.13. The number of hydrogen-bond acceptors (Lipinski definition) is 5. The molecule has 0 unspecified atom stereocenters. The third-order valence-electron chi connectivity index (χ3n) is 2.41. The Kier molecular flexibility index (Phi) is 6.51. The van der Waals surface area contributed by atoms with Crippen LogP contribution in [-0.2, 0) is 20.1 Å². The van der Waals surface area contributed by atoms with E-state index in [1.54, 1.807) is 42.5 Å². The molecule has 2 aromatic carbocycles. The number of nitrogens with zero attached hydrogens (tertiary/aromatic N) is 1. The molecule has 6 nitrogen and oxygen atoms in total. The maximum atomic E-state index is 10.9. The summed E-state index contributed by atoms with van der Waals surface area (Å²) in [7, 11) is -2.21. The molecular formula is C14H15NO5S. The molecule has 0 atom stereocenters. The highest BCUT2D eigenvalue weighted by molar-refractivity contribution is 7.85. The number of nitro benzene ring substituents is 1. The standard InChI is InChI=1S/C8H10O3S.C6H5NO2/c1-11-12(9,10)7-8-5-3-2-4-6-8;8-7(9)6-4-2-1-3-5-6/h2-6H,7H2,1H3;1-5H. The van der Waals surface area contributed by atoms with Gasteiger partial charge >= 0.3 is 0 Å². The molecular weight excluding hydrogens is 294 g/mol. The minimum atomic E-state index is -3.37. The van der Waals surface area contributed by atoms with Crippen molar-refractivity contribution in [1.82, 2.24) is 0 Å². The smallest absolute Gasteiger partial charge is 0.271 e. The van der Waals surface area contributed by atoms with Gasteiger partial charge in [-0.3, -0.25) is 14.3 Å². The van der Waals surface area contributed by atoms with Crippen molar-refractivity contribution in [2.75, 3.05) is 7.11 Å². The molecule has 2 rings (SSSR count). The lowest BCUT2D eigenvalue weighted by molar-refractivity contribution is -0.384. The van der Waals surface area contributed by atoms with E-state index in [2.05, 4.69) is 4.18 Å². The monoisotopic (exact) mass is 309 g/mol. The van der Waals surface area contributed by atoms with Crippen molar-refractivity contribution in [2.24, 2.45) is 0 Å². The number of non-ortho nitro benzene ring substituents is 1. The van der Waals surface area contributed by atoms with Crippen LogP contribution in [0.15, 0.2) is 60.7 Å². The second-order valence-electron chi connectivity index (χ2n) is 3.95. The van der Waals surface area contributed by atoms with Crippen molar-refractivity contribution < 1.29 is 17.5 Å². The van der Waals surface area contributed by atoms with Crippen LogP contribution < -0.4 is 0 Å². The summed E-state index contributed by atoms with van der Waals surface area (Å²) in [6.07, 6.45) is 0. The van der Waals surface area contributed by atoms with Crippen LogP contribution in [0.3, 0.4) is 0 Å². The lowest BCUT2D eigenvalue weighted by Gasteiger charge is -1.99. The molecule has 0 fully saturated rings. The van der Waals surface area contributed by atoms with E-state index in [4.69, 9.17) is 0 Å². The van der Waals surface area contributed by atoms with Gasteiger partial charge in [0.15, 0.2) is 0 Å². The molecule has 7 heteroatoms. The van der Waals surface area contributed by atoms with Crippen molar-refractivity contribution in [1.29, 1.82) is 0 Å². The van der Waals surface area contributed by atoms with Crippen molar-refractivity contribution in [3.8, 4) is 0 Å². The summed E-state index contributed by atoms with van der Waals surface area (Å²) in [6, 6.07) is 16.8. The predicted octanol–water partition coefficient (Wildman–Crippen LogP) is 2.76. The molecule has 0 aliphatic rings. The molecule has 0 saturated carbocycles. The maximum Gasteiger partial charge on any atom is 0.271 e. The highest BCUT2D eigenvalue weighted by Crippen LogP contribution is 2.07. The Bertz CT molecular complexity index is 656. The third kappa shape index (κ3) is 6.64. The minimum absolute atomic E-state index is 0.0651. The summed E-state index contributed by atoms with van der Waals surface area (Å²) in [5.41, 5.74) is 0.872. The Morgan fingerprint density at radius 1 is 1.00 bits per heavy atom. The summed E-state index contributed by atoms with van der Waals surface area (Å²) >= 11 is 0. The van der Waals surface area contributed by atoms with Crippen LogP contribution in [0.25, 0.3) is 0 Å². The Labute approximate surface area is 123 Å². The third-order valence-corrected chi connectivity index (χ3v) is 3.60. The van der Waals surface area contributed by atoms with Gasteiger partial charge in [-0.05, 0) is 5.56 Å². The Morgan fingerprint density at radius 3 is 1.86 bits per heavy atom. The maximum absolute atomic E-state index is 10.9. The van der Waals surface area contributed by atoms with E-state index in [0.29, 0.717) is 0 Å². The van der Waals surface area contributed by atoms with Crippen LogP contribution in [0.5, 0.6) is 0 Å². The molecule has 0 radical (unpaired) electrons. The van der Waals surface area contributed by atoms with Gasteiger partial charge in [0.05, 0.1) is 12.0 Å². The molecule has 0 aliphatic heterocycles. The van der Waals surface area contributed by atoms with Crippen molar-refractivity contribution >= 4 is 15.8 Å². The van der Waals surface area contributed by atoms with Crippen LogP contribution in [0, 0.1) is 10.1 Å². The summed E-state index contributed by atoms with van der Waals surface area (Å²) in [5.74, 6) is -0.0651. The average Bonchev–Trinajstić information content (AvgIpc) is 2.49. The summed E-state index contributed by atoms with van der Waals surface area (Å²) < 4.78 is 26.2. The minimum Gasteiger partial charge on any atom is -0.273 e. The SMILES string of the molecule is COS(=O)(=O)Cc1ccccc1.O=[N+]([O-])c1ccccc1. The molecule has 0 spiro atoms. The Morgan fingerprint density at radius 2 is 1.48 bits per heavy atom. The zero-order chi connectivity index (χ0) is 15.7. The molecule has 0 bridgehead atoms. The highest BCUT2D eigenvalue weighted by Gasteiger charge is 2.08. The first-order chi connectivity index (χ1) is 9.94. The number of para-hydroxylation sites is 1. The summed E-state index contributed by atoms with van der Waals surface area (Å²) in [4.78, 5) is 9.59. The van der Waals surface area contributed by atoms with Gasteiger partial charge in [0, 0.05) is 12.1 Å². The molecule has 0 aromatic heterocycles. The second-order valence-corrected chi connectivity index (χ2v) is 5.68. The Hall–Kier alpha value is -2.25. The molecule has 2 aromatic rings. The number of hydrogen-bond donors (Lipinski definition) is 0. The van der Waals surface area contributed by atoms with E-state index in [9.17, 15) is 18.5 Å². The fourth-order valence-corrected chi connectivity index (χ4v) is 2.11. The van der Waals surface area contributed by atoms with E-state index in [0.717, 1.165) is 12.7 Å². The van der Waals surface area contributed by atoms with Crippen molar-refractivity contribution in [3.05, 3.63) is 76.3 Å². The first-order valence-corrected chi connectivity index (χ1v) is 7.54. The van der Waals surface area contributed by atoms with E-state index in [1.165, 1.54) is 12.1 Å². The van der Waals surface area contributed by atoms with Crippen molar-refractivity contribution in [3.63, 3.8) is 0 Å². The van der Waals surface area contributed by atoms with Crippen LogP contribution in [0.2, 0.25) is 0 Å². The van der Waals surface area contributed by atoms with Crippen LogP contribution in [-0.4, -0.2) is 20.5 Å². The highest BCUT2D eigenvalue weighted by atomic mass is 32.2. The Balaban J connectivity index is 0.000000219. The fourth-order valence-electron chi connectivity index (χ4n) is 1.39. The van der Waals surface area contributed by atoms with Gasteiger partial charge in [-0.1, -0.05) is 48.5 Å². The largest absolute Gasteiger partial charge is 0.273 e. The van der Waals surface area contributed by atoms with E-state index >= 15 is 0 Å². The lowest BCUT2D eigenvalue weighted by atomic mass is 10.2. The van der Waals surface area contributed by atoms with Gasteiger partial charge in [0.1, 0.15) is 5.75 Å². The molecule has 112 valence electrons. The predicted molar refractivity (Wildman–Crippen MR) is 79.2 cm³/mol. The molecule has 0 saturated heterocycles. The normalized spacial score (nSPS) is 10.3. The number of nitro groups is 1. The van der Waals surface area contributed by atoms with Crippen LogP contribution in [0.1, 0.15) is 5.56 Å². The van der Waals surface area contributed by atoms with Crippen LogP contribution in [0.4, 0.5) is 5.69 Å². The van der Waals surface area contributed by atoms with Gasteiger partial charge in [-0.25, -0.2) is 0 Å². The van der Waals surface area contributed by atoms with Gasteiger partial charge in [0.25, 0.3) is 15.8 Å². The fraction of sp³-hybridized carbons (Fsp3) is 0.143. The van der Waals surface area contributed by atoms with Gasteiger partial charge in [-0.15, -0.1) is 0 Å². The topological polar surface area (TPSA) is 86.5 Å². The molecule has 0 N–H and O–H groups in total. The number of benzene rings is 2. The molecule has 0 aliphatic carbocycles. The van der Waals surface area contributed by atoms with Gasteiger partial charge in [0.2, 0.25) is 0 Å². The summed E-state index contributed by atoms with van der Waals surface area (Å²) in [6.45, 7) is 0. The van der Waals surface area contributed by atoms with Crippen molar-refractivity contribution in [2.45, 2.75) is 5.75 Å². The van der Waals surface area contributed by atoms with Gasteiger partial charge in [-0.2, -0.15) is 8.42 Å². The van der Waals surface area contributed by atoms with E-state index in [1.807, 2.05) is 6.07 Å². The lowest BCUT2D eigenvalue weighted by Crippen LogP contribution is -2.05.